The molecule has 2 rings (SSSR count). The van der Waals surface area contributed by atoms with E-state index >= 15 is 0 Å². The van der Waals surface area contributed by atoms with E-state index in [4.69, 9.17) is 0 Å². The number of pyridine rings is 1. The van der Waals surface area contributed by atoms with Crippen molar-refractivity contribution in [3.63, 3.8) is 0 Å². The Morgan fingerprint density at radius 3 is 2.26 bits per heavy atom. The molecule has 1 amide bonds. The summed E-state index contributed by atoms with van der Waals surface area (Å²) in [5, 5.41) is 3.14. The van der Waals surface area contributed by atoms with Gasteiger partial charge in [-0.05, 0) is 49.1 Å². The van der Waals surface area contributed by atoms with Crippen LogP contribution >= 0.6 is 0 Å². The summed E-state index contributed by atoms with van der Waals surface area (Å²) < 4.78 is 0. The van der Waals surface area contributed by atoms with Gasteiger partial charge in [0.2, 0.25) is 0 Å². The predicted molar refractivity (Wildman–Crippen MR) is 76.9 cm³/mol. The maximum Gasteiger partial charge on any atom is 0.251 e. The minimum absolute atomic E-state index is 0.0293. The van der Waals surface area contributed by atoms with Crippen molar-refractivity contribution in [2.75, 3.05) is 0 Å². The van der Waals surface area contributed by atoms with Gasteiger partial charge in [-0.25, -0.2) is 0 Å². The second kappa shape index (κ2) is 5.72. The van der Waals surface area contributed by atoms with Gasteiger partial charge in [0.1, 0.15) is 0 Å². The first-order valence-electron chi connectivity index (χ1n) is 7.17. The fourth-order valence-electron chi connectivity index (χ4n) is 2.88. The van der Waals surface area contributed by atoms with Crippen LogP contribution in [0.5, 0.6) is 0 Å². The van der Waals surface area contributed by atoms with Crippen LogP contribution in [0.15, 0.2) is 24.5 Å². The standard InChI is InChI=1S/C16H24N2O/c1-16(2,3)13-4-6-14(7-5-13)18-15(19)12-8-10-17-11-9-12/h8-11,13-14H,4-7H2,1-3H3,(H,18,19)/t13-,14-. The van der Waals surface area contributed by atoms with E-state index in [1.807, 2.05) is 0 Å². The van der Waals surface area contributed by atoms with Gasteiger partial charge in [-0.2, -0.15) is 0 Å². The fourth-order valence-corrected chi connectivity index (χ4v) is 2.88. The third-order valence-electron chi connectivity index (χ3n) is 4.23. The lowest BCUT2D eigenvalue weighted by molar-refractivity contribution is 0.0904. The Balaban J connectivity index is 1.85. The van der Waals surface area contributed by atoms with Crippen molar-refractivity contribution in [3.8, 4) is 0 Å². The monoisotopic (exact) mass is 260 g/mol. The highest BCUT2D eigenvalue weighted by atomic mass is 16.1. The highest BCUT2D eigenvalue weighted by Gasteiger charge is 2.30. The summed E-state index contributed by atoms with van der Waals surface area (Å²) in [6.45, 7) is 6.94. The number of nitrogens with zero attached hydrogens (tertiary/aromatic N) is 1. The molecule has 19 heavy (non-hydrogen) atoms. The highest BCUT2D eigenvalue weighted by Crippen LogP contribution is 2.37. The first-order valence-corrected chi connectivity index (χ1v) is 7.17. The normalized spacial score (nSPS) is 23.9. The smallest absolute Gasteiger partial charge is 0.251 e. The zero-order valence-corrected chi connectivity index (χ0v) is 12.1. The van der Waals surface area contributed by atoms with Crippen molar-refractivity contribution in [2.45, 2.75) is 52.5 Å². The van der Waals surface area contributed by atoms with Crippen molar-refractivity contribution in [1.82, 2.24) is 10.3 Å². The van der Waals surface area contributed by atoms with E-state index in [1.165, 1.54) is 12.8 Å². The van der Waals surface area contributed by atoms with Crippen LogP contribution in [0.1, 0.15) is 56.8 Å². The number of aromatic nitrogens is 1. The van der Waals surface area contributed by atoms with Gasteiger partial charge in [0.05, 0.1) is 0 Å². The largest absolute Gasteiger partial charge is 0.349 e. The van der Waals surface area contributed by atoms with Crippen LogP contribution in [-0.2, 0) is 0 Å². The molecule has 0 aromatic carbocycles. The van der Waals surface area contributed by atoms with Gasteiger partial charge in [-0.15, -0.1) is 0 Å². The van der Waals surface area contributed by atoms with Crippen LogP contribution in [-0.4, -0.2) is 16.9 Å². The van der Waals surface area contributed by atoms with Gasteiger partial charge in [0.15, 0.2) is 0 Å². The third-order valence-corrected chi connectivity index (χ3v) is 4.23. The van der Waals surface area contributed by atoms with E-state index in [-0.39, 0.29) is 5.91 Å². The van der Waals surface area contributed by atoms with E-state index in [2.05, 4.69) is 31.1 Å². The average molecular weight is 260 g/mol. The topological polar surface area (TPSA) is 42.0 Å². The lowest BCUT2D eigenvalue weighted by Crippen LogP contribution is -2.39. The summed E-state index contributed by atoms with van der Waals surface area (Å²) in [5.74, 6) is 0.809. The van der Waals surface area contributed by atoms with E-state index in [0.29, 0.717) is 17.0 Å². The molecule has 1 heterocycles. The van der Waals surface area contributed by atoms with Crippen molar-refractivity contribution < 1.29 is 4.79 Å². The molecule has 1 N–H and O–H groups in total. The van der Waals surface area contributed by atoms with Gasteiger partial charge in [0.25, 0.3) is 5.91 Å². The first kappa shape index (κ1) is 14.0. The molecule has 0 unspecified atom stereocenters. The van der Waals surface area contributed by atoms with Gasteiger partial charge >= 0.3 is 0 Å². The van der Waals surface area contributed by atoms with E-state index in [9.17, 15) is 4.79 Å². The van der Waals surface area contributed by atoms with Crippen molar-refractivity contribution in [1.29, 1.82) is 0 Å². The molecular weight excluding hydrogens is 236 g/mol. The van der Waals surface area contributed by atoms with Gasteiger partial charge in [-0.3, -0.25) is 9.78 Å². The highest BCUT2D eigenvalue weighted by molar-refractivity contribution is 5.94. The molecule has 3 nitrogen and oxygen atoms in total. The summed E-state index contributed by atoms with van der Waals surface area (Å²) in [6.07, 6.45) is 7.93. The zero-order valence-electron chi connectivity index (χ0n) is 12.1. The summed E-state index contributed by atoms with van der Waals surface area (Å²) in [7, 11) is 0. The lowest BCUT2D eigenvalue weighted by Gasteiger charge is -2.37. The minimum Gasteiger partial charge on any atom is -0.349 e. The predicted octanol–water partition coefficient (Wildman–Crippen LogP) is 3.42. The fraction of sp³-hybridized carbons (Fsp3) is 0.625. The Morgan fingerprint density at radius 1 is 1.16 bits per heavy atom. The summed E-state index contributed by atoms with van der Waals surface area (Å²) in [4.78, 5) is 16.0. The number of carbonyl (C=O) groups excluding carboxylic acids is 1. The molecule has 0 bridgehead atoms. The molecule has 0 saturated heterocycles. The molecule has 1 aromatic heterocycles. The van der Waals surface area contributed by atoms with Crippen LogP contribution in [0.2, 0.25) is 0 Å². The van der Waals surface area contributed by atoms with Gasteiger partial charge < -0.3 is 5.32 Å². The summed E-state index contributed by atoms with van der Waals surface area (Å²) in [6, 6.07) is 3.85. The van der Waals surface area contributed by atoms with Crippen molar-refractivity contribution >= 4 is 5.91 Å². The van der Waals surface area contributed by atoms with E-state index < -0.39 is 0 Å². The van der Waals surface area contributed by atoms with Crippen LogP contribution in [0.25, 0.3) is 0 Å². The minimum atomic E-state index is 0.0293. The Bertz CT molecular complexity index is 414. The number of rotatable bonds is 2. The quantitative estimate of drug-likeness (QED) is 0.885. The lowest BCUT2D eigenvalue weighted by atomic mass is 9.71. The molecule has 0 aliphatic heterocycles. The van der Waals surface area contributed by atoms with Crippen molar-refractivity contribution in [3.05, 3.63) is 30.1 Å². The van der Waals surface area contributed by atoms with Gasteiger partial charge in [-0.1, -0.05) is 20.8 Å². The Hall–Kier alpha value is -1.38. The molecule has 3 heteroatoms. The molecule has 1 saturated carbocycles. The van der Waals surface area contributed by atoms with Crippen molar-refractivity contribution in [2.24, 2.45) is 11.3 Å². The molecule has 1 aliphatic carbocycles. The molecule has 0 radical (unpaired) electrons. The molecule has 0 spiro atoms. The van der Waals surface area contributed by atoms with Crippen LogP contribution in [0.4, 0.5) is 0 Å². The maximum absolute atomic E-state index is 12.1. The maximum atomic E-state index is 12.1. The molecule has 0 atom stereocenters. The molecule has 1 aromatic rings. The average Bonchev–Trinajstić information content (AvgIpc) is 2.39. The Morgan fingerprint density at radius 2 is 1.74 bits per heavy atom. The third kappa shape index (κ3) is 3.79. The van der Waals surface area contributed by atoms with E-state index in [1.54, 1.807) is 24.5 Å². The molecule has 1 aliphatic rings. The van der Waals surface area contributed by atoms with Crippen LogP contribution in [0.3, 0.4) is 0 Å². The molecule has 1 fully saturated rings. The summed E-state index contributed by atoms with van der Waals surface area (Å²) in [5.41, 5.74) is 1.09. The Kier molecular flexibility index (Phi) is 4.23. The Labute approximate surface area is 115 Å². The molecule has 104 valence electrons. The second-order valence-electron chi connectivity index (χ2n) is 6.62. The van der Waals surface area contributed by atoms with Gasteiger partial charge in [0, 0.05) is 24.0 Å². The molecular formula is C16H24N2O. The zero-order chi connectivity index (χ0) is 13.9. The van der Waals surface area contributed by atoms with Crippen LogP contribution < -0.4 is 5.32 Å². The number of hydrogen-bond acceptors (Lipinski definition) is 2. The number of nitrogens with one attached hydrogen (secondary N) is 1. The second-order valence-corrected chi connectivity index (χ2v) is 6.62. The van der Waals surface area contributed by atoms with Crippen LogP contribution in [0, 0.1) is 11.3 Å². The number of carbonyl (C=O) groups is 1. The summed E-state index contributed by atoms with van der Waals surface area (Å²) >= 11 is 0. The number of hydrogen-bond donors (Lipinski definition) is 1. The first-order chi connectivity index (χ1) is 8.97. The van der Waals surface area contributed by atoms with E-state index in [0.717, 1.165) is 18.8 Å². The SMILES string of the molecule is CC(C)(C)[C@H]1CC[C@H](NC(=O)c2ccncc2)CC1. The number of amides is 1.